The predicted molar refractivity (Wildman–Crippen MR) is 63.3 cm³/mol. The van der Waals surface area contributed by atoms with Crippen LogP contribution in [0.3, 0.4) is 0 Å². The minimum Gasteiger partial charge on any atom is -0.339 e. The fourth-order valence-electron chi connectivity index (χ4n) is 1.71. The van der Waals surface area contributed by atoms with Gasteiger partial charge in [-0.05, 0) is 13.8 Å². The van der Waals surface area contributed by atoms with Crippen molar-refractivity contribution in [1.29, 1.82) is 0 Å². The molecular weight excluding hydrogens is 228 g/mol. The van der Waals surface area contributed by atoms with Crippen molar-refractivity contribution in [2.45, 2.75) is 20.8 Å². The van der Waals surface area contributed by atoms with Crippen LogP contribution in [-0.2, 0) is 9.59 Å². The third-order valence-electron chi connectivity index (χ3n) is 2.93. The Bertz CT molecular complexity index is 284. The minimum absolute atomic E-state index is 0.0729. The van der Waals surface area contributed by atoms with Gasteiger partial charge in [0, 0.05) is 39.0 Å². The molecule has 1 heterocycles. The van der Waals surface area contributed by atoms with E-state index in [4.69, 9.17) is 11.6 Å². The standard InChI is InChI=1S/C11H19ClN2O2/c1-9(15)13-4-6-14(7-5-13)10(16)11(2,3)8-12/h4-8H2,1-3H3. The van der Waals surface area contributed by atoms with E-state index in [-0.39, 0.29) is 11.8 Å². The summed E-state index contributed by atoms with van der Waals surface area (Å²) in [4.78, 5) is 26.8. The fraction of sp³-hybridized carbons (Fsp3) is 0.818. The lowest BCUT2D eigenvalue weighted by Crippen LogP contribution is -2.53. The Morgan fingerprint density at radius 3 is 1.94 bits per heavy atom. The average molecular weight is 247 g/mol. The van der Waals surface area contributed by atoms with E-state index in [2.05, 4.69) is 0 Å². The van der Waals surface area contributed by atoms with Crippen LogP contribution < -0.4 is 0 Å². The molecule has 1 aliphatic heterocycles. The number of alkyl halides is 1. The normalized spacial score (nSPS) is 17.5. The second-order valence-electron chi connectivity index (χ2n) is 4.82. The van der Waals surface area contributed by atoms with Crippen LogP contribution in [0, 0.1) is 5.41 Å². The maximum atomic E-state index is 12.1. The summed E-state index contributed by atoms with van der Waals surface area (Å²) in [7, 11) is 0. The number of carbonyl (C=O) groups excluding carboxylic acids is 2. The minimum atomic E-state index is -0.514. The van der Waals surface area contributed by atoms with Crippen LogP contribution in [0.25, 0.3) is 0 Å². The summed E-state index contributed by atoms with van der Waals surface area (Å²) in [5.41, 5.74) is -0.514. The molecule has 16 heavy (non-hydrogen) atoms. The Morgan fingerprint density at radius 1 is 1.12 bits per heavy atom. The second kappa shape index (κ2) is 5.04. The van der Waals surface area contributed by atoms with Crippen molar-refractivity contribution >= 4 is 23.4 Å². The molecule has 0 atom stereocenters. The summed E-state index contributed by atoms with van der Waals surface area (Å²) >= 11 is 5.77. The molecule has 5 heteroatoms. The van der Waals surface area contributed by atoms with Gasteiger partial charge in [-0.15, -0.1) is 11.6 Å². The number of piperazine rings is 1. The average Bonchev–Trinajstić information content (AvgIpc) is 2.28. The number of rotatable bonds is 2. The van der Waals surface area contributed by atoms with E-state index in [1.807, 2.05) is 13.8 Å². The van der Waals surface area contributed by atoms with Crippen LogP contribution in [-0.4, -0.2) is 53.7 Å². The first-order valence-electron chi connectivity index (χ1n) is 5.49. The SMILES string of the molecule is CC(=O)N1CCN(C(=O)C(C)(C)CCl)CC1. The van der Waals surface area contributed by atoms with Gasteiger partial charge in [-0.3, -0.25) is 9.59 Å². The van der Waals surface area contributed by atoms with E-state index in [1.165, 1.54) is 0 Å². The van der Waals surface area contributed by atoms with Gasteiger partial charge in [-0.2, -0.15) is 0 Å². The molecule has 0 aliphatic carbocycles. The molecule has 1 aliphatic rings. The molecule has 0 aromatic heterocycles. The molecule has 0 aromatic rings. The molecule has 0 bridgehead atoms. The van der Waals surface area contributed by atoms with Crippen molar-refractivity contribution in [2.75, 3.05) is 32.1 Å². The number of carbonyl (C=O) groups is 2. The quantitative estimate of drug-likeness (QED) is 0.681. The second-order valence-corrected chi connectivity index (χ2v) is 5.08. The van der Waals surface area contributed by atoms with Crippen molar-refractivity contribution < 1.29 is 9.59 Å². The molecule has 1 saturated heterocycles. The Labute approximate surface area is 102 Å². The highest BCUT2D eigenvalue weighted by molar-refractivity contribution is 6.19. The molecule has 0 N–H and O–H groups in total. The molecule has 92 valence electrons. The van der Waals surface area contributed by atoms with Crippen LogP contribution in [0.15, 0.2) is 0 Å². The van der Waals surface area contributed by atoms with Gasteiger partial charge in [0.05, 0.1) is 5.41 Å². The maximum absolute atomic E-state index is 12.1. The van der Waals surface area contributed by atoms with Crippen LogP contribution in [0.5, 0.6) is 0 Å². The first kappa shape index (κ1) is 13.3. The molecule has 0 aromatic carbocycles. The van der Waals surface area contributed by atoms with Gasteiger partial charge in [0.2, 0.25) is 11.8 Å². The summed E-state index contributed by atoms with van der Waals surface area (Å²) in [6.07, 6.45) is 0. The van der Waals surface area contributed by atoms with Gasteiger partial charge in [0.1, 0.15) is 0 Å². The van der Waals surface area contributed by atoms with E-state index >= 15 is 0 Å². The zero-order valence-corrected chi connectivity index (χ0v) is 10.9. The predicted octanol–water partition coefficient (Wildman–Crippen LogP) is 0.942. The number of hydrogen-bond donors (Lipinski definition) is 0. The highest BCUT2D eigenvalue weighted by Crippen LogP contribution is 2.21. The van der Waals surface area contributed by atoms with Crippen molar-refractivity contribution in [3.63, 3.8) is 0 Å². The van der Waals surface area contributed by atoms with Gasteiger partial charge >= 0.3 is 0 Å². The zero-order valence-electron chi connectivity index (χ0n) is 10.1. The Balaban J connectivity index is 2.54. The van der Waals surface area contributed by atoms with Crippen LogP contribution >= 0.6 is 11.6 Å². The highest BCUT2D eigenvalue weighted by Gasteiger charge is 2.33. The third-order valence-corrected chi connectivity index (χ3v) is 3.59. The largest absolute Gasteiger partial charge is 0.339 e. The third kappa shape index (κ3) is 2.88. The van der Waals surface area contributed by atoms with E-state index in [1.54, 1.807) is 16.7 Å². The Kier molecular flexibility index (Phi) is 4.19. The molecule has 1 fully saturated rings. The molecule has 4 nitrogen and oxygen atoms in total. The van der Waals surface area contributed by atoms with Crippen molar-refractivity contribution in [3.05, 3.63) is 0 Å². The number of halogens is 1. The van der Waals surface area contributed by atoms with E-state index < -0.39 is 5.41 Å². The van der Waals surface area contributed by atoms with Gasteiger partial charge in [0.15, 0.2) is 0 Å². The summed E-state index contributed by atoms with van der Waals surface area (Å²) < 4.78 is 0. The van der Waals surface area contributed by atoms with Crippen LogP contribution in [0.2, 0.25) is 0 Å². The number of amides is 2. The molecule has 0 spiro atoms. The molecule has 0 radical (unpaired) electrons. The molecule has 0 saturated carbocycles. The summed E-state index contributed by atoms with van der Waals surface area (Å²) in [5, 5.41) is 0. The summed E-state index contributed by atoms with van der Waals surface area (Å²) in [6, 6.07) is 0. The van der Waals surface area contributed by atoms with Crippen molar-refractivity contribution in [2.24, 2.45) is 5.41 Å². The van der Waals surface area contributed by atoms with Gasteiger partial charge in [-0.25, -0.2) is 0 Å². The zero-order chi connectivity index (χ0) is 12.3. The Hall–Kier alpha value is -0.770. The first-order chi connectivity index (χ1) is 7.38. The number of hydrogen-bond acceptors (Lipinski definition) is 2. The topological polar surface area (TPSA) is 40.6 Å². The lowest BCUT2D eigenvalue weighted by atomic mass is 9.94. The molecule has 2 amide bonds. The van der Waals surface area contributed by atoms with E-state index in [9.17, 15) is 9.59 Å². The lowest BCUT2D eigenvalue weighted by molar-refractivity contribution is -0.144. The van der Waals surface area contributed by atoms with Gasteiger partial charge in [0.25, 0.3) is 0 Å². The molecule has 0 unspecified atom stereocenters. The fourth-order valence-corrected chi connectivity index (χ4v) is 1.82. The lowest BCUT2D eigenvalue weighted by Gasteiger charge is -2.37. The van der Waals surface area contributed by atoms with Crippen LogP contribution in [0.4, 0.5) is 0 Å². The molecular formula is C11H19ClN2O2. The Morgan fingerprint density at radius 2 is 1.56 bits per heavy atom. The highest BCUT2D eigenvalue weighted by atomic mass is 35.5. The number of nitrogens with zero attached hydrogens (tertiary/aromatic N) is 2. The van der Waals surface area contributed by atoms with Crippen molar-refractivity contribution in [1.82, 2.24) is 9.80 Å². The smallest absolute Gasteiger partial charge is 0.229 e. The van der Waals surface area contributed by atoms with Crippen LogP contribution in [0.1, 0.15) is 20.8 Å². The van der Waals surface area contributed by atoms with E-state index in [0.717, 1.165) is 0 Å². The first-order valence-corrected chi connectivity index (χ1v) is 6.03. The summed E-state index contributed by atoms with van der Waals surface area (Å²) in [6.45, 7) is 7.72. The van der Waals surface area contributed by atoms with E-state index in [0.29, 0.717) is 32.1 Å². The molecule has 1 rings (SSSR count). The van der Waals surface area contributed by atoms with Crippen molar-refractivity contribution in [3.8, 4) is 0 Å². The van der Waals surface area contributed by atoms with Gasteiger partial charge in [-0.1, -0.05) is 0 Å². The maximum Gasteiger partial charge on any atom is 0.229 e. The van der Waals surface area contributed by atoms with Gasteiger partial charge < -0.3 is 9.80 Å². The monoisotopic (exact) mass is 246 g/mol. The summed E-state index contributed by atoms with van der Waals surface area (Å²) in [5.74, 6) is 0.466.